The second-order valence-electron chi connectivity index (χ2n) is 8.26. The molecule has 1 saturated carbocycles. The Morgan fingerprint density at radius 3 is 2.51 bits per heavy atom. The van der Waals surface area contributed by atoms with Crippen LogP contribution in [0.25, 0.3) is 11.5 Å². The van der Waals surface area contributed by atoms with Crippen molar-refractivity contribution in [1.29, 1.82) is 0 Å². The lowest BCUT2D eigenvalue weighted by atomic mass is 10.1. The van der Waals surface area contributed by atoms with E-state index in [0.717, 1.165) is 25.0 Å². The van der Waals surface area contributed by atoms with Crippen LogP contribution < -0.4 is 26.3 Å². The van der Waals surface area contributed by atoms with Crippen molar-refractivity contribution in [2.24, 2.45) is 17.4 Å². The van der Waals surface area contributed by atoms with Crippen LogP contribution in [0.1, 0.15) is 40.7 Å². The number of rotatable bonds is 11. The predicted molar refractivity (Wildman–Crippen MR) is 120 cm³/mol. The molecule has 1 aliphatic carbocycles. The van der Waals surface area contributed by atoms with E-state index in [-0.39, 0.29) is 46.5 Å². The van der Waals surface area contributed by atoms with Gasteiger partial charge in [0, 0.05) is 17.2 Å². The van der Waals surface area contributed by atoms with Gasteiger partial charge < -0.3 is 30.7 Å². The van der Waals surface area contributed by atoms with Gasteiger partial charge in [-0.05, 0) is 43.0 Å². The summed E-state index contributed by atoms with van der Waals surface area (Å²) in [5, 5.41) is 2.25. The van der Waals surface area contributed by atoms with E-state index in [1.807, 2.05) is 0 Å². The summed E-state index contributed by atoms with van der Waals surface area (Å²) in [4.78, 5) is 29.0. The monoisotopic (exact) mass is 522 g/mol. The quantitative estimate of drug-likeness (QED) is 0.328. The number of oxazole rings is 1. The van der Waals surface area contributed by atoms with Gasteiger partial charge >= 0.3 is 6.61 Å². The second-order valence-corrected chi connectivity index (χ2v) is 8.26. The third kappa shape index (κ3) is 6.17. The average molecular weight is 522 g/mol. The highest BCUT2D eigenvalue weighted by Gasteiger charge is 2.28. The van der Waals surface area contributed by atoms with Gasteiger partial charge in [-0.25, -0.2) is 13.8 Å². The molecule has 0 bridgehead atoms. The van der Waals surface area contributed by atoms with Crippen LogP contribution in [0.4, 0.5) is 17.6 Å². The number of alkyl halides is 2. The van der Waals surface area contributed by atoms with Crippen molar-refractivity contribution in [1.82, 2.24) is 10.3 Å². The van der Waals surface area contributed by atoms with Gasteiger partial charge in [0.2, 0.25) is 11.8 Å². The molecule has 13 heteroatoms. The summed E-state index contributed by atoms with van der Waals surface area (Å²) >= 11 is 0. The molecule has 0 radical (unpaired) electrons. The molecule has 4 rings (SSSR count). The van der Waals surface area contributed by atoms with Gasteiger partial charge in [0.05, 0.1) is 13.2 Å². The summed E-state index contributed by atoms with van der Waals surface area (Å²) in [7, 11) is 0. The molecule has 0 spiro atoms. The number of amides is 2. The van der Waals surface area contributed by atoms with E-state index in [1.54, 1.807) is 0 Å². The van der Waals surface area contributed by atoms with E-state index in [4.69, 9.17) is 20.6 Å². The largest absolute Gasteiger partial charge is 0.489 e. The molecular formula is C24H22F4N4O5. The number of ether oxygens (including phenoxy) is 2. The fourth-order valence-corrected chi connectivity index (χ4v) is 3.47. The van der Waals surface area contributed by atoms with Crippen molar-refractivity contribution < 1.29 is 41.0 Å². The third-order valence-electron chi connectivity index (χ3n) is 5.51. The number of nitrogens with zero attached hydrogens (tertiary/aromatic N) is 1. The van der Waals surface area contributed by atoms with Gasteiger partial charge in [-0.2, -0.15) is 8.78 Å². The molecule has 2 aromatic carbocycles. The van der Waals surface area contributed by atoms with Crippen LogP contribution in [-0.4, -0.2) is 30.0 Å². The number of carbonyl (C=O) groups excluding carboxylic acids is 2. The number of primary amides is 1. The molecule has 1 fully saturated rings. The summed E-state index contributed by atoms with van der Waals surface area (Å²) in [5.74, 6) is -4.06. The van der Waals surface area contributed by atoms with Crippen LogP contribution in [0.15, 0.2) is 40.8 Å². The zero-order valence-corrected chi connectivity index (χ0v) is 19.2. The maximum Gasteiger partial charge on any atom is 0.387 e. The van der Waals surface area contributed by atoms with Crippen molar-refractivity contribution in [3.8, 4) is 23.0 Å². The first kappa shape index (κ1) is 25.9. The van der Waals surface area contributed by atoms with Gasteiger partial charge in [-0.3, -0.25) is 9.59 Å². The van der Waals surface area contributed by atoms with E-state index < -0.39 is 36.1 Å². The summed E-state index contributed by atoms with van der Waals surface area (Å²) in [5.41, 5.74) is 10.6. The molecule has 196 valence electrons. The van der Waals surface area contributed by atoms with Crippen molar-refractivity contribution in [3.63, 3.8) is 0 Å². The van der Waals surface area contributed by atoms with Gasteiger partial charge in [0.1, 0.15) is 17.7 Å². The van der Waals surface area contributed by atoms with E-state index in [2.05, 4.69) is 15.0 Å². The first-order valence-corrected chi connectivity index (χ1v) is 11.1. The van der Waals surface area contributed by atoms with Crippen LogP contribution in [0.3, 0.4) is 0 Å². The number of nitrogens with two attached hydrogens (primary N) is 2. The SMILES string of the molecule is NCc1oc(-c2ccc(OC(F)F)c(OCC3CC3)c2)nc1C(=O)NC(C(N)=O)c1ccc(F)cc1F. The Labute approximate surface area is 207 Å². The van der Waals surface area contributed by atoms with Gasteiger partial charge in [-0.15, -0.1) is 0 Å². The lowest BCUT2D eigenvalue weighted by Gasteiger charge is -2.16. The Balaban J connectivity index is 1.62. The standard InChI is InChI=1S/C24H22F4N4O5/c25-13-4-5-14(15(26)8-13)19(21(30)33)31-22(34)20-18(9-29)36-23(32-20)12-3-6-16(37-24(27)28)17(7-12)35-10-11-1-2-11/h3-8,11,19,24H,1-2,9-10,29H2,(H2,30,33)(H,31,34). The molecular weight excluding hydrogens is 500 g/mol. The maximum atomic E-state index is 14.2. The minimum atomic E-state index is -3.07. The maximum absolute atomic E-state index is 14.2. The molecule has 3 aromatic rings. The van der Waals surface area contributed by atoms with Crippen LogP contribution in [0.2, 0.25) is 0 Å². The first-order chi connectivity index (χ1) is 17.7. The summed E-state index contributed by atoms with van der Waals surface area (Å²) in [6, 6.07) is 4.77. The van der Waals surface area contributed by atoms with Crippen molar-refractivity contribution in [2.45, 2.75) is 32.0 Å². The lowest BCUT2D eigenvalue weighted by Crippen LogP contribution is -2.38. The fourth-order valence-electron chi connectivity index (χ4n) is 3.47. The van der Waals surface area contributed by atoms with Crippen LogP contribution in [-0.2, 0) is 11.3 Å². The van der Waals surface area contributed by atoms with Crippen molar-refractivity contribution in [2.75, 3.05) is 6.61 Å². The molecule has 1 heterocycles. The molecule has 1 aromatic heterocycles. The minimum Gasteiger partial charge on any atom is -0.489 e. The Morgan fingerprint density at radius 1 is 1.14 bits per heavy atom. The number of hydrogen-bond donors (Lipinski definition) is 3. The Morgan fingerprint density at radius 2 is 1.89 bits per heavy atom. The predicted octanol–water partition coefficient (Wildman–Crippen LogP) is 3.43. The normalized spacial score (nSPS) is 13.9. The number of nitrogens with one attached hydrogen (secondary N) is 1. The molecule has 9 nitrogen and oxygen atoms in total. The summed E-state index contributed by atoms with van der Waals surface area (Å²) < 4.78 is 68.9. The van der Waals surface area contributed by atoms with Crippen molar-refractivity contribution in [3.05, 3.63) is 65.1 Å². The van der Waals surface area contributed by atoms with Gasteiger partial charge in [0.15, 0.2) is 23.0 Å². The zero-order chi connectivity index (χ0) is 26.7. The highest BCUT2D eigenvalue weighted by molar-refractivity contribution is 5.97. The third-order valence-corrected chi connectivity index (χ3v) is 5.51. The number of halogens is 4. The van der Waals surface area contributed by atoms with Crippen LogP contribution in [0, 0.1) is 17.6 Å². The van der Waals surface area contributed by atoms with Crippen LogP contribution >= 0.6 is 0 Å². The van der Waals surface area contributed by atoms with Crippen molar-refractivity contribution >= 4 is 11.8 Å². The molecule has 2 amide bonds. The Hall–Kier alpha value is -4.13. The van der Waals surface area contributed by atoms with E-state index in [0.29, 0.717) is 18.6 Å². The second kappa shape index (κ2) is 10.9. The molecule has 37 heavy (non-hydrogen) atoms. The number of aromatic nitrogens is 1. The minimum absolute atomic E-state index is 0.0313. The van der Waals surface area contributed by atoms with Crippen LogP contribution in [0.5, 0.6) is 11.5 Å². The Kier molecular flexibility index (Phi) is 7.62. The first-order valence-electron chi connectivity index (χ1n) is 11.1. The topological polar surface area (TPSA) is 143 Å². The number of hydrogen-bond acceptors (Lipinski definition) is 7. The Bertz CT molecular complexity index is 1310. The summed E-state index contributed by atoms with van der Waals surface area (Å²) in [6.07, 6.45) is 1.94. The zero-order valence-electron chi connectivity index (χ0n) is 19.2. The molecule has 0 aliphatic heterocycles. The van der Waals surface area contributed by atoms with Gasteiger partial charge in [0.25, 0.3) is 5.91 Å². The fraction of sp³-hybridized carbons (Fsp3) is 0.292. The van der Waals surface area contributed by atoms with E-state index in [9.17, 15) is 27.2 Å². The molecule has 5 N–H and O–H groups in total. The van der Waals surface area contributed by atoms with Gasteiger partial charge in [-0.1, -0.05) is 6.07 Å². The molecule has 1 aliphatic rings. The highest BCUT2D eigenvalue weighted by Crippen LogP contribution is 2.36. The molecule has 1 atom stereocenters. The van der Waals surface area contributed by atoms with E-state index >= 15 is 0 Å². The number of benzene rings is 2. The highest BCUT2D eigenvalue weighted by atomic mass is 19.3. The number of carbonyl (C=O) groups is 2. The summed E-state index contributed by atoms with van der Waals surface area (Å²) in [6.45, 7) is -3.04. The lowest BCUT2D eigenvalue weighted by molar-refractivity contribution is -0.120. The molecule has 1 unspecified atom stereocenters. The molecule has 0 saturated heterocycles. The average Bonchev–Trinajstić information content (AvgIpc) is 3.57. The van der Waals surface area contributed by atoms with E-state index in [1.165, 1.54) is 18.2 Å². The smallest absolute Gasteiger partial charge is 0.387 e.